The van der Waals surface area contributed by atoms with E-state index < -0.39 is 5.54 Å². The summed E-state index contributed by atoms with van der Waals surface area (Å²) in [6.45, 7) is 3.14. The maximum Gasteiger partial charge on any atom is 0.246 e. The first-order valence-electron chi connectivity index (χ1n) is 6.83. The summed E-state index contributed by atoms with van der Waals surface area (Å²) in [4.78, 5) is 14.3. The number of rotatable bonds is 4. The van der Waals surface area contributed by atoms with Crippen LogP contribution in [0, 0.1) is 0 Å². The van der Waals surface area contributed by atoms with E-state index in [2.05, 4.69) is 15.9 Å². The highest BCUT2D eigenvalue weighted by Gasteiger charge is 2.34. The van der Waals surface area contributed by atoms with E-state index in [0.29, 0.717) is 6.54 Å². The number of nitrogens with zero attached hydrogens (tertiary/aromatic N) is 1. The monoisotopic (exact) mass is 376 g/mol. The zero-order valence-electron chi connectivity index (χ0n) is 12.3. The second kappa shape index (κ2) is 7.58. The first-order chi connectivity index (χ1) is 9.41. The van der Waals surface area contributed by atoms with Crippen molar-refractivity contribution in [2.24, 2.45) is 5.73 Å². The molecule has 1 amide bonds. The molecule has 1 heterocycles. The van der Waals surface area contributed by atoms with Gasteiger partial charge in [0.1, 0.15) is 5.54 Å². The molecule has 1 aliphatic heterocycles. The van der Waals surface area contributed by atoms with Crippen LogP contribution in [0.2, 0.25) is 0 Å². The van der Waals surface area contributed by atoms with Crippen molar-refractivity contribution >= 4 is 34.2 Å². The van der Waals surface area contributed by atoms with E-state index in [4.69, 9.17) is 10.5 Å². The normalized spacial score (nSPS) is 20.5. The number of carbonyl (C=O) groups excluding carboxylic acids is 1. The van der Waals surface area contributed by atoms with Gasteiger partial charge in [0, 0.05) is 24.7 Å². The third kappa shape index (κ3) is 4.42. The Hall–Kier alpha value is -0.620. The highest BCUT2D eigenvalue weighted by atomic mass is 79.9. The molecule has 6 heteroatoms. The highest BCUT2D eigenvalue weighted by molar-refractivity contribution is 9.10. The first kappa shape index (κ1) is 18.4. The van der Waals surface area contributed by atoms with Crippen molar-refractivity contribution in [1.29, 1.82) is 0 Å². The second-order valence-corrected chi connectivity index (χ2v) is 6.45. The largest absolute Gasteiger partial charge is 0.376 e. The van der Waals surface area contributed by atoms with Crippen LogP contribution in [-0.4, -0.2) is 37.1 Å². The van der Waals surface area contributed by atoms with E-state index in [1.54, 1.807) is 18.9 Å². The summed E-state index contributed by atoms with van der Waals surface area (Å²) in [5, 5.41) is 0. The molecule has 1 aromatic rings. The van der Waals surface area contributed by atoms with Crippen molar-refractivity contribution in [3.63, 3.8) is 0 Å². The molecular formula is C15H22BrClN2O2. The van der Waals surface area contributed by atoms with Gasteiger partial charge in [-0.1, -0.05) is 28.1 Å². The zero-order chi connectivity index (χ0) is 14.8. The van der Waals surface area contributed by atoms with E-state index in [1.165, 1.54) is 0 Å². The van der Waals surface area contributed by atoms with Crippen molar-refractivity contribution in [1.82, 2.24) is 4.90 Å². The summed E-state index contributed by atoms with van der Waals surface area (Å²) < 4.78 is 6.54. The van der Waals surface area contributed by atoms with Crippen LogP contribution in [0.4, 0.5) is 0 Å². The van der Waals surface area contributed by atoms with Gasteiger partial charge >= 0.3 is 0 Å². The van der Waals surface area contributed by atoms with Crippen molar-refractivity contribution in [2.45, 2.75) is 31.4 Å². The summed E-state index contributed by atoms with van der Waals surface area (Å²) in [5.41, 5.74) is 6.05. The van der Waals surface area contributed by atoms with E-state index in [1.807, 2.05) is 24.3 Å². The molecule has 1 saturated heterocycles. The van der Waals surface area contributed by atoms with Gasteiger partial charge < -0.3 is 15.4 Å². The Labute approximate surface area is 140 Å². The van der Waals surface area contributed by atoms with Gasteiger partial charge in [0.25, 0.3) is 0 Å². The van der Waals surface area contributed by atoms with Gasteiger partial charge in [-0.05, 0) is 37.5 Å². The first-order valence-corrected chi connectivity index (χ1v) is 7.62. The lowest BCUT2D eigenvalue weighted by Gasteiger charge is -2.31. The van der Waals surface area contributed by atoms with E-state index in [-0.39, 0.29) is 24.4 Å². The average molecular weight is 378 g/mol. The molecule has 1 aromatic carbocycles. The fraction of sp³-hybridized carbons (Fsp3) is 0.533. The molecule has 2 N–H and O–H groups in total. The number of nitrogens with two attached hydrogens (primary N) is 1. The van der Waals surface area contributed by atoms with Gasteiger partial charge in [-0.15, -0.1) is 12.4 Å². The minimum absolute atomic E-state index is 0. The van der Waals surface area contributed by atoms with Crippen LogP contribution in [0.3, 0.4) is 0 Å². The predicted octanol–water partition coefficient (Wildman–Crippen LogP) is 2.68. The Bertz CT molecular complexity index is 473. The average Bonchev–Trinajstić information content (AvgIpc) is 2.91. The molecule has 0 bridgehead atoms. The number of hydrogen-bond acceptors (Lipinski definition) is 3. The third-order valence-corrected chi connectivity index (χ3v) is 4.27. The molecule has 4 nitrogen and oxygen atoms in total. The molecule has 2 unspecified atom stereocenters. The maximum absolute atomic E-state index is 12.6. The van der Waals surface area contributed by atoms with Crippen LogP contribution < -0.4 is 5.73 Å². The Balaban J connectivity index is 0.00000220. The quantitative estimate of drug-likeness (QED) is 0.877. The minimum Gasteiger partial charge on any atom is -0.376 e. The molecule has 2 rings (SSSR count). The van der Waals surface area contributed by atoms with Gasteiger partial charge in [0.05, 0.1) is 6.10 Å². The zero-order valence-corrected chi connectivity index (χ0v) is 14.7. The number of hydrogen-bond donors (Lipinski definition) is 1. The maximum atomic E-state index is 12.6. The van der Waals surface area contributed by atoms with E-state index >= 15 is 0 Å². The van der Waals surface area contributed by atoms with Crippen LogP contribution in [0.15, 0.2) is 28.7 Å². The van der Waals surface area contributed by atoms with Crippen LogP contribution in [0.25, 0.3) is 0 Å². The molecule has 118 valence electrons. The molecular weight excluding hydrogens is 356 g/mol. The lowest BCUT2D eigenvalue weighted by atomic mass is 9.91. The Morgan fingerprint density at radius 1 is 1.48 bits per heavy atom. The second-order valence-electron chi connectivity index (χ2n) is 5.53. The molecule has 0 radical (unpaired) electrons. The van der Waals surface area contributed by atoms with Crippen molar-refractivity contribution < 1.29 is 9.53 Å². The van der Waals surface area contributed by atoms with Crippen molar-refractivity contribution in [2.75, 3.05) is 20.2 Å². The number of benzene rings is 1. The van der Waals surface area contributed by atoms with Crippen LogP contribution in [-0.2, 0) is 15.1 Å². The molecule has 0 aliphatic carbocycles. The van der Waals surface area contributed by atoms with Gasteiger partial charge in [-0.3, -0.25) is 4.79 Å². The van der Waals surface area contributed by atoms with Gasteiger partial charge in [-0.2, -0.15) is 0 Å². The smallest absolute Gasteiger partial charge is 0.246 e. The Kier molecular flexibility index (Phi) is 6.66. The molecule has 21 heavy (non-hydrogen) atoms. The lowest BCUT2D eigenvalue weighted by molar-refractivity contribution is -0.136. The topological polar surface area (TPSA) is 55.6 Å². The molecule has 2 atom stereocenters. The number of ether oxygens (including phenoxy) is 1. The molecule has 1 fully saturated rings. The predicted molar refractivity (Wildman–Crippen MR) is 89.5 cm³/mol. The fourth-order valence-corrected chi connectivity index (χ4v) is 2.76. The van der Waals surface area contributed by atoms with Gasteiger partial charge in [0.2, 0.25) is 5.91 Å². The van der Waals surface area contributed by atoms with Crippen LogP contribution >= 0.6 is 28.3 Å². The van der Waals surface area contributed by atoms with E-state index in [9.17, 15) is 4.79 Å². The van der Waals surface area contributed by atoms with Gasteiger partial charge in [0.15, 0.2) is 0 Å². The standard InChI is InChI=1S/C15H21BrN2O2.ClH/c1-15(17,11-5-7-12(16)8-6-11)14(19)18(2)10-13-4-3-9-20-13;/h5-8,13H,3-4,9-10,17H2,1-2H3;1H. The Morgan fingerprint density at radius 2 is 2.10 bits per heavy atom. The highest BCUT2D eigenvalue weighted by Crippen LogP contribution is 2.23. The summed E-state index contributed by atoms with van der Waals surface area (Å²) in [7, 11) is 1.79. The molecule has 0 spiro atoms. The van der Waals surface area contributed by atoms with Gasteiger partial charge in [-0.25, -0.2) is 0 Å². The number of likely N-dealkylation sites (N-methyl/N-ethyl adjacent to an activating group) is 1. The SMILES string of the molecule is CN(CC1CCCO1)C(=O)C(C)(N)c1ccc(Br)cc1.Cl. The van der Waals surface area contributed by atoms with Crippen molar-refractivity contribution in [3.05, 3.63) is 34.3 Å². The number of amides is 1. The fourth-order valence-electron chi connectivity index (χ4n) is 2.49. The number of halogens is 2. The third-order valence-electron chi connectivity index (χ3n) is 3.74. The van der Waals surface area contributed by atoms with Crippen LogP contribution in [0.5, 0.6) is 0 Å². The summed E-state index contributed by atoms with van der Waals surface area (Å²) >= 11 is 3.38. The lowest BCUT2D eigenvalue weighted by Crippen LogP contribution is -2.51. The van der Waals surface area contributed by atoms with E-state index in [0.717, 1.165) is 29.5 Å². The number of carbonyl (C=O) groups is 1. The summed E-state index contributed by atoms with van der Waals surface area (Å²) in [6.07, 6.45) is 2.22. The van der Waals surface area contributed by atoms with Crippen molar-refractivity contribution in [3.8, 4) is 0 Å². The molecule has 0 aromatic heterocycles. The summed E-state index contributed by atoms with van der Waals surface area (Å²) in [5.74, 6) is -0.0877. The Morgan fingerprint density at radius 3 is 2.62 bits per heavy atom. The summed E-state index contributed by atoms with van der Waals surface area (Å²) in [6, 6.07) is 7.55. The minimum atomic E-state index is -1.02. The molecule has 1 aliphatic rings. The van der Waals surface area contributed by atoms with Crippen LogP contribution in [0.1, 0.15) is 25.3 Å². The molecule has 0 saturated carbocycles.